The lowest BCUT2D eigenvalue weighted by molar-refractivity contribution is -0.135. The number of fused-ring (bicyclic) bond motifs is 1. The van der Waals surface area contributed by atoms with Gasteiger partial charge in [0.1, 0.15) is 6.10 Å². The molecule has 1 aromatic carbocycles. The monoisotopic (exact) mass is 315 g/mol. The summed E-state index contributed by atoms with van der Waals surface area (Å²) in [7, 11) is 0. The van der Waals surface area contributed by atoms with Gasteiger partial charge in [0, 0.05) is 16.6 Å². The van der Waals surface area contributed by atoms with E-state index in [0.29, 0.717) is 11.5 Å². The van der Waals surface area contributed by atoms with Crippen molar-refractivity contribution in [2.45, 2.75) is 44.1 Å². The molecule has 0 aliphatic heterocycles. The fraction of sp³-hybridized carbons (Fsp3) is 0.389. The highest BCUT2D eigenvalue weighted by molar-refractivity contribution is 5.84. The Morgan fingerprint density at radius 3 is 2.61 bits per heavy atom. The van der Waals surface area contributed by atoms with E-state index in [9.17, 15) is 15.0 Å². The first kappa shape index (κ1) is 15.6. The minimum Gasteiger partial charge on any atom is -0.502 e. The highest BCUT2D eigenvalue weighted by atomic mass is 16.4. The van der Waals surface area contributed by atoms with Gasteiger partial charge >= 0.3 is 5.97 Å². The average molecular weight is 315 g/mol. The van der Waals surface area contributed by atoms with Crippen molar-refractivity contribution in [3.05, 3.63) is 47.4 Å². The molecule has 0 saturated heterocycles. The van der Waals surface area contributed by atoms with E-state index in [1.165, 1.54) is 37.8 Å². The highest BCUT2D eigenvalue weighted by Gasteiger charge is 2.18. The van der Waals surface area contributed by atoms with Gasteiger partial charge in [-0.3, -0.25) is 0 Å². The first-order chi connectivity index (χ1) is 11.0. The number of benzene rings is 1. The van der Waals surface area contributed by atoms with E-state index in [0.717, 1.165) is 17.0 Å². The standard InChI is InChI=1S/C18H21NO4/c20-16(10-17(21)18(22)23)12-6-7-14-13(8-12)9-15(19-14)11-4-2-1-3-5-11/h6-11,16,19-21H,1-5H2,(H,22,23)/b17-10+. The van der Waals surface area contributed by atoms with E-state index in [1.807, 2.05) is 12.1 Å². The van der Waals surface area contributed by atoms with Crippen molar-refractivity contribution in [1.29, 1.82) is 0 Å². The topological polar surface area (TPSA) is 93.6 Å². The van der Waals surface area contributed by atoms with E-state index in [-0.39, 0.29) is 0 Å². The molecule has 5 nitrogen and oxygen atoms in total. The molecule has 3 rings (SSSR count). The van der Waals surface area contributed by atoms with E-state index in [1.54, 1.807) is 6.07 Å². The zero-order valence-corrected chi connectivity index (χ0v) is 12.8. The van der Waals surface area contributed by atoms with E-state index < -0.39 is 17.8 Å². The van der Waals surface area contributed by atoms with Crippen LogP contribution >= 0.6 is 0 Å². The second-order valence-electron chi connectivity index (χ2n) is 6.21. The summed E-state index contributed by atoms with van der Waals surface area (Å²) >= 11 is 0. The van der Waals surface area contributed by atoms with Crippen LogP contribution in [-0.4, -0.2) is 26.3 Å². The van der Waals surface area contributed by atoms with Gasteiger partial charge in [0.25, 0.3) is 0 Å². The zero-order valence-electron chi connectivity index (χ0n) is 12.8. The molecule has 5 heteroatoms. The summed E-state index contributed by atoms with van der Waals surface area (Å²) in [6.07, 6.45) is 6.04. The van der Waals surface area contributed by atoms with Crippen LogP contribution < -0.4 is 0 Å². The number of aromatic nitrogens is 1. The summed E-state index contributed by atoms with van der Waals surface area (Å²) in [5, 5.41) is 28.9. The molecule has 23 heavy (non-hydrogen) atoms. The number of carboxylic acids is 1. The van der Waals surface area contributed by atoms with Gasteiger partial charge in [-0.05, 0) is 48.6 Å². The normalized spacial score (nSPS) is 18.2. The number of rotatable bonds is 4. The predicted octanol–water partition coefficient (Wildman–Crippen LogP) is 3.78. The van der Waals surface area contributed by atoms with Crippen molar-refractivity contribution >= 4 is 16.9 Å². The molecule has 1 unspecified atom stereocenters. The molecule has 1 aromatic heterocycles. The van der Waals surface area contributed by atoms with Crippen LogP contribution in [0.2, 0.25) is 0 Å². The second-order valence-corrected chi connectivity index (χ2v) is 6.21. The molecule has 1 fully saturated rings. The highest BCUT2D eigenvalue weighted by Crippen LogP contribution is 2.34. The molecule has 1 atom stereocenters. The third kappa shape index (κ3) is 3.40. The Bertz CT molecular complexity index is 741. The molecule has 0 spiro atoms. The number of carbonyl (C=O) groups is 1. The molecule has 122 valence electrons. The summed E-state index contributed by atoms with van der Waals surface area (Å²) < 4.78 is 0. The van der Waals surface area contributed by atoms with Crippen LogP contribution in [0.25, 0.3) is 10.9 Å². The molecule has 1 saturated carbocycles. The van der Waals surface area contributed by atoms with Crippen molar-refractivity contribution < 1.29 is 20.1 Å². The maximum absolute atomic E-state index is 10.6. The minimum atomic E-state index is -1.45. The molecule has 1 heterocycles. The minimum absolute atomic E-state index is 0.555. The van der Waals surface area contributed by atoms with Crippen LogP contribution in [0.1, 0.15) is 55.4 Å². The second kappa shape index (κ2) is 6.46. The summed E-state index contributed by atoms with van der Waals surface area (Å²) in [6.45, 7) is 0. The predicted molar refractivity (Wildman–Crippen MR) is 87.4 cm³/mol. The first-order valence-corrected chi connectivity index (χ1v) is 7.99. The average Bonchev–Trinajstić information content (AvgIpc) is 2.98. The SMILES string of the molecule is O=C(O)/C(O)=C\C(O)c1ccc2[nH]c(C3CCCCC3)cc2c1. The molecule has 4 N–H and O–H groups in total. The number of carboxylic acid groups (broad SMARTS) is 1. The van der Waals surface area contributed by atoms with Crippen LogP contribution in [-0.2, 0) is 4.79 Å². The zero-order chi connectivity index (χ0) is 16.4. The van der Waals surface area contributed by atoms with Gasteiger partial charge in [-0.25, -0.2) is 4.79 Å². The number of aliphatic hydroxyl groups excluding tert-OH is 2. The third-order valence-electron chi connectivity index (χ3n) is 4.59. The smallest absolute Gasteiger partial charge is 0.370 e. The van der Waals surface area contributed by atoms with Gasteiger partial charge in [0.2, 0.25) is 5.76 Å². The Balaban J connectivity index is 1.86. The Morgan fingerprint density at radius 1 is 1.17 bits per heavy atom. The van der Waals surface area contributed by atoms with Crippen molar-refractivity contribution in [3.63, 3.8) is 0 Å². The summed E-state index contributed by atoms with van der Waals surface area (Å²) in [6, 6.07) is 7.56. The number of hydrogen-bond acceptors (Lipinski definition) is 3. The molecule has 0 bridgehead atoms. The number of aliphatic hydroxyl groups is 2. The molecular formula is C18H21NO4. The van der Waals surface area contributed by atoms with Crippen molar-refractivity contribution in [2.75, 3.05) is 0 Å². The fourth-order valence-corrected chi connectivity index (χ4v) is 3.31. The molecule has 1 aliphatic carbocycles. The van der Waals surface area contributed by atoms with Crippen LogP contribution in [0.5, 0.6) is 0 Å². The van der Waals surface area contributed by atoms with Gasteiger partial charge < -0.3 is 20.3 Å². The van der Waals surface area contributed by atoms with Crippen LogP contribution in [0.4, 0.5) is 0 Å². The number of aliphatic carboxylic acids is 1. The Morgan fingerprint density at radius 2 is 1.91 bits per heavy atom. The van der Waals surface area contributed by atoms with Crippen LogP contribution in [0, 0.1) is 0 Å². The van der Waals surface area contributed by atoms with E-state index >= 15 is 0 Å². The maximum atomic E-state index is 10.6. The Hall–Kier alpha value is -2.27. The lowest BCUT2D eigenvalue weighted by atomic mass is 9.87. The molecule has 0 radical (unpaired) electrons. The quantitative estimate of drug-likeness (QED) is 0.510. The van der Waals surface area contributed by atoms with E-state index in [4.69, 9.17) is 5.11 Å². The van der Waals surface area contributed by atoms with Gasteiger partial charge in [-0.15, -0.1) is 0 Å². The Labute approximate surface area is 134 Å². The lowest BCUT2D eigenvalue weighted by Crippen LogP contribution is -2.04. The summed E-state index contributed by atoms with van der Waals surface area (Å²) in [5.74, 6) is -1.73. The van der Waals surface area contributed by atoms with Crippen molar-refractivity contribution in [1.82, 2.24) is 4.98 Å². The number of H-pyrrole nitrogens is 1. The van der Waals surface area contributed by atoms with E-state index in [2.05, 4.69) is 11.1 Å². The molecule has 1 aliphatic rings. The van der Waals surface area contributed by atoms with Gasteiger partial charge in [0.05, 0.1) is 0 Å². The lowest BCUT2D eigenvalue weighted by Gasteiger charge is -2.20. The number of nitrogens with one attached hydrogen (secondary N) is 1. The fourth-order valence-electron chi connectivity index (χ4n) is 3.31. The summed E-state index contributed by atoms with van der Waals surface area (Å²) in [4.78, 5) is 14.1. The third-order valence-corrected chi connectivity index (χ3v) is 4.59. The largest absolute Gasteiger partial charge is 0.502 e. The maximum Gasteiger partial charge on any atom is 0.370 e. The summed E-state index contributed by atoms with van der Waals surface area (Å²) in [5.41, 5.74) is 2.79. The van der Waals surface area contributed by atoms with Crippen LogP contribution in [0.15, 0.2) is 36.1 Å². The van der Waals surface area contributed by atoms with Crippen molar-refractivity contribution in [3.8, 4) is 0 Å². The van der Waals surface area contributed by atoms with Gasteiger partial charge in [-0.1, -0.05) is 25.3 Å². The Kier molecular flexibility index (Phi) is 4.39. The number of hydrogen-bond donors (Lipinski definition) is 4. The van der Waals surface area contributed by atoms with Crippen molar-refractivity contribution in [2.24, 2.45) is 0 Å². The first-order valence-electron chi connectivity index (χ1n) is 7.99. The molecule has 0 amide bonds. The molecular weight excluding hydrogens is 294 g/mol. The number of aromatic amines is 1. The molecule has 2 aromatic rings. The van der Waals surface area contributed by atoms with Crippen LogP contribution in [0.3, 0.4) is 0 Å². The van der Waals surface area contributed by atoms with Gasteiger partial charge in [0.15, 0.2) is 0 Å². The van der Waals surface area contributed by atoms with Gasteiger partial charge in [-0.2, -0.15) is 0 Å².